The van der Waals surface area contributed by atoms with Gasteiger partial charge in [-0.15, -0.1) is 0 Å². The Morgan fingerprint density at radius 1 is 1.00 bits per heavy atom. The zero-order valence-corrected chi connectivity index (χ0v) is 20.7. The van der Waals surface area contributed by atoms with Gasteiger partial charge in [0.15, 0.2) is 11.6 Å². The number of alkyl halides is 3. The number of likely N-dealkylation sites (N-methyl/N-ethyl adjacent to an activating group) is 2. The van der Waals surface area contributed by atoms with E-state index < -0.39 is 48.3 Å². The Morgan fingerprint density at radius 3 is 2.22 bits per heavy atom. The van der Waals surface area contributed by atoms with Gasteiger partial charge in [0.05, 0.1) is 15.6 Å². The number of benzene rings is 2. The van der Waals surface area contributed by atoms with E-state index >= 15 is 0 Å². The Bertz CT molecular complexity index is 1100. The molecule has 0 aliphatic rings. The fourth-order valence-electron chi connectivity index (χ4n) is 3.61. The smallest absolute Gasteiger partial charge is 0.410 e. The predicted octanol–water partition coefficient (Wildman–Crippen LogP) is 5.78. The van der Waals surface area contributed by atoms with Crippen LogP contribution in [-0.2, 0) is 10.3 Å². The van der Waals surface area contributed by atoms with Gasteiger partial charge in [-0.3, -0.25) is 9.69 Å². The number of aliphatic hydroxyl groups excluding tert-OH is 1. The quantitative estimate of drug-likeness (QED) is 0.397. The van der Waals surface area contributed by atoms with Crippen molar-refractivity contribution in [3.8, 4) is 5.75 Å². The topological polar surface area (TPSA) is 70.1 Å². The molecule has 0 spiro atoms. The molecule has 0 fully saturated rings. The first-order valence-electron chi connectivity index (χ1n) is 10.5. The summed E-state index contributed by atoms with van der Waals surface area (Å²) in [5.74, 6) is -4.03. The number of nitrogens with zero attached hydrogens (tertiary/aromatic N) is 2. The second-order valence-corrected chi connectivity index (χ2v) is 8.85. The van der Waals surface area contributed by atoms with Crippen LogP contribution in [-0.4, -0.2) is 60.3 Å². The molecule has 2 rings (SSSR count). The van der Waals surface area contributed by atoms with Crippen LogP contribution in [0, 0.1) is 11.6 Å². The van der Waals surface area contributed by atoms with Crippen molar-refractivity contribution in [2.75, 3.05) is 27.2 Å². The molecule has 0 aliphatic heterocycles. The van der Waals surface area contributed by atoms with Gasteiger partial charge in [-0.05, 0) is 42.7 Å². The third-order valence-electron chi connectivity index (χ3n) is 5.49. The van der Waals surface area contributed by atoms with E-state index in [4.69, 9.17) is 27.9 Å². The van der Waals surface area contributed by atoms with Crippen LogP contribution in [0.4, 0.5) is 26.7 Å². The lowest BCUT2D eigenvalue weighted by Crippen LogP contribution is -2.55. The van der Waals surface area contributed by atoms with Crippen molar-refractivity contribution in [1.82, 2.24) is 9.80 Å². The van der Waals surface area contributed by atoms with Gasteiger partial charge in [-0.25, -0.2) is 13.6 Å². The fraction of sp³-hybridized carbons (Fsp3) is 0.391. The lowest BCUT2D eigenvalue weighted by atomic mass is 9.83. The molecule has 0 aromatic heterocycles. The lowest BCUT2D eigenvalue weighted by molar-refractivity contribution is -0.161. The molecule has 0 radical (unpaired) electrons. The standard InChI is InChI=1S/C23H23Cl2F5N2O4/c1-31(20(34)12-23(28,29)30)13-22(8-3-9-33,14-4-6-16(24)17(25)10-14)32(2)21(35)36-15-5-7-18(26)19(27)11-15/h4-7,10-11,33H,3,8-9,12-13H2,1-2H3/t22-/m1/s1. The average molecular weight is 557 g/mol. The Kier molecular flexibility index (Phi) is 9.93. The predicted molar refractivity (Wildman–Crippen MR) is 123 cm³/mol. The van der Waals surface area contributed by atoms with E-state index in [0.717, 1.165) is 29.0 Å². The lowest BCUT2D eigenvalue weighted by Gasteiger charge is -2.44. The van der Waals surface area contributed by atoms with Crippen molar-refractivity contribution in [2.45, 2.75) is 31.0 Å². The van der Waals surface area contributed by atoms with E-state index in [-0.39, 0.29) is 40.8 Å². The van der Waals surface area contributed by atoms with Gasteiger partial charge in [0.25, 0.3) is 0 Å². The molecule has 6 nitrogen and oxygen atoms in total. The maximum atomic E-state index is 13.6. The van der Waals surface area contributed by atoms with Crippen molar-refractivity contribution in [1.29, 1.82) is 0 Å². The van der Waals surface area contributed by atoms with Crippen LogP contribution in [0.1, 0.15) is 24.8 Å². The van der Waals surface area contributed by atoms with E-state index in [1.54, 1.807) is 0 Å². The number of halogens is 7. The third-order valence-corrected chi connectivity index (χ3v) is 6.23. The number of aliphatic hydroxyl groups is 1. The first kappa shape index (κ1) is 29.6. The second kappa shape index (κ2) is 12.1. The molecule has 0 saturated heterocycles. The number of hydrogen-bond acceptors (Lipinski definition) is 4. The maximum absolute atomic E-state index is 13.6. The summed E-state index contributed by atoms with van der Waals surface area (Å²) in [6.07, 6.45) is -7.58. The van der Waals surface area contributed by atoms with Gasteiger partial charge in [0, 0.05) is 33.3 Å². The number of ether oxygens (including phenoxy) is 1. The molecule has 2 aromatic carbocycles. The van der Waals surface area contributed by atoms with Crippen LogP contribution in [0.3, 0.4) is 0 Å². The SMILES string of the molecule is CN(C[C@](CCCO)(c1ccc(Cl)c(Cl)c1)N(C)C(=O)Oc1ccc(F)c(F)c1)C(=O)CC(F)(F)F. The molecule has 0 heterocycles. The molecule has 1 atom stereocenters. The van der Waals surface area contributed by atoms with Crippen LogP contribution in [0.15, 0.2) is 36.4 Å². The Morgan fingerprint density at radius 2 is 1.67 bits per heavy atom. The number of carbonyl (C=O) groups excluding carboxylic acids is 2. The molecule has 0 bridgehead atoms. The highest BCUT2D eigenvalue weighted by Crippen LogP contribution is 2.38. The average Bonchev–Trinajstić information content (AvgIpc) is 2.79. The Balaban J connectivity index is 2.55. The van der Waals surface area contributed by atoms with Crippen molar-refractivity contribution in [3.05, 3.63) is 63.6 Å². The molecule has 0 aliphatic carbocycles. The van der Waals surface area contributed by atoms with Crippen LogP contribution in [0.2, 0.25) is 10.0 Å². The van der Waals surface area contributed by atoms with Crippen LogP contribution in [0.25, 0.3) is 0 Å². The molecule has 1 N–H and O–H groups in total. The van der Waals surface area contributed by atoms with E-state index in [9.17, 15) is 36.6 Å². The summed E-state index contributed by atoms with van der Waals surface area (Å²) in [4.78, 5) is 27.2. The minimum Gasteiger partial charge on any atom is -0.410 e. The summed E-state index contributed by atoms with van der Waals surface area (Å²) in [6.45, 7) is -0.807. The minimum atomic E-state index is -4.76. The van der Waals surface area contributed by atoms with E-state index in [0.29, 0.717) is 6.07 Å². The molecule has 2 amide bonds. The maximum Gasteiger partial charge on any atom is 0.415 e. The number of hydrogen-bond donors (Lipinski definition) is 1. The number of rotatable bonds is 9. The normalized spacial score (nSPS) is 13.2. The summed E-state index contributed by atoms with van der Waals surface area (Å²) in [7, 11) is 2.39. The zero-order chi connectivity index (χ0) is 27.3. The van der Waals surface area contributed by atoms with Gasteiger partial charge in [0.1, 0.15) is 12.2 Å². The second-order valence-electron chi connectivity index (χ2n) is 8.03. The Hall–Kier alpha value is -2.63. The van der Waals surface area contributed by atoms with Gasteiger partial charge in [0.2, 0.25) is 5.91 Å². The summed E-state index contributed by atoms with van der Waals surface area (Å²) in [5, 5.41) is 9.72. The summed E-state index contributed by atoms with van der Waals surface area (Å²) >= 11 is 12.2. The summed E-state index contributed by atoms with van der Waals surface area (Å²) < 4.78 is 70.6. The zero-order valence-electron chi connectivity index (χ0n) is 19.2. The number of carbonyl (C=O) groups is 2. The highest BCUT2D eigenvalue weighted by Gasteiger charge is 2.43. The van der Waals surface area contributed by atoms with Crippen molar-refractivity contribution >= 4 is 35.2 Å². The monoisotopic (exact) mass is 556 g/mol. The molecule has 36 heavy (non-hydrogen) atoms. The minimum absolute atomic E-state index is 0.0471. The first-order chi connectivity index (χ1) is 16.7. The molecule has 198 valence electrons. The van der Waals surface area contributed by atoms with Crippen molar-refractivity contribution in [3.63, 3.8) is 0 Å². The molecule has 0 saturated carbocycles. The van der Waals surface area contributed by atoms with Gasteiger partial charge >= 0.3 is 12.3 Å². The molecular weight excluding hydrogens is 534 g/mol. The molecular formula is C23H23Cl2F5N2O4. The molecule has 0 unspecified atom stereocenters. The van der Waals surface area contributed by atoms with Crippen LogP contribution >= 0.6 is 23.2 Å². The number of amides is 2. The van der Waals surface area contributed by atoms with Gasteiger partial charge in [-0.1, -0.05) is 29.3 Å². The van der Waals surface area contributed by atoms with Crippen LogP contribution < -0.4 is 4.74 Å². The Labute approximate surface area is 214 Å². The third kappa shape index (κ3) is 7.44. The van der Waals surface area contributed by atoms with Crippen molar-refractivity contribution < 1.29 is 41.4 Å². The van der Waals surface area contributed by atoms with E-state index in [2.05, 4.69) is 0 Å². The largest absolute Gasteiger partial charge is 0.415 e. The fourth-order valence-corrected chi connectivity index (χ4v) is 3.91. The van der Waals surface area contributed by atoms with Gasteiger partial charge < -0.3 is 14.7 Å². The molecule has 2 aromatic rings. The molecule has 13 heteroatoms. The van der Waals surface area contributed by atoms with E-state index in [1.165, 1.54) is 25.2 Å². The van der Waals surface area contributed by atoms with Crippen molar-refractivity contribution in [2.24, 2.45) is 0 Å². The van der Waals surface area contributed by atoms with Gasteiger partial charge in [-0.2, -0.15) is 13.2 Å². The summed E-state index contributed by atoms with van der Waals surface area (Å²) in [6, 6.07) is 6.66. The first-order valence-corrected chi connectivity index (χ1v) is 11.2. The summed E-state index contributed by atoms with van der Waals surface area (Å²) in [5.41, 5.74) is -1.29. The van der Waals surface area contributed by atoms with Crippen LogP contribution in [0.5, 0.6) is 5.75 Å². The van der Waals surface area contributed by atoms with E-state index in [1.807, 2.05) is 0 Å². The highest BCUT2D eigenvalue weighted by molar-refractivity contribution is 6.42. The highest BCUT2D eigenvalue weighted by atomic mass is 35.5.